The highest BCUT2D eigenvalue weighted by Gasteiger charge is 2.35. The lowest BCUT2D eigenvalue weighted by atomic mass is 10.2. The van der Waals surface area contributed by atoms with Gasteiger partial charge in [-0.2, -0.15) is 0 Å². The van der Waals surface area contributed by atoms with Crippen molar-refractivity contribution in [2.75, 3.05) is 12.3 Å². The van der Waals surface area contributed by atoms with Crippen molar-refractivity contribution < 1.29 is 23.1 Å². The highest BCUT2D eigenvalue weighted by atomic mass is 32.2. The number of carbonyl (C=O) groups excluding carboxylic acids is 1. The fourth-order valence-electron chi connectivity index (χ4n) is 3.11. The maximum absolute atomic E-state index is 12.1. The van der Waals surface area contributed by atoms with Gasteiger partial charge in [-0.15, -0.1) is 0 Å². The molecule has 114 valence electrons. The van der Waals surface area contributed by atoms with Crippen LogP contribution >= 0.6 is 0 Å². The van der Waals surface area contributed by atoms with E-state index in [9.17, 15) is 18.0 Å². The lowest BCUT2D eigenvalue weighted by Crippen LogP contribution is -2.41. The SMILES string of the molecule is O=C(O)[C@H]1CCCN1C(=O)CCS(=O)(=O)C1CCCC1. The van der Waals surface area contributed by atoms with Gasteiger partial charge in [0.15, 0.2) is 9.84 Å². The van der Waals surface area contributed by atoms with Crippen molar-refractivity contribution in [3.05, 3.63) is 0 Å². The zero-order valence-corrected chi connectivity index (χ0v) is 12.3. The topological polar surface area (TPSA) is 91.8 Å². The Morgan fingerprint density at radius 2 is 1.75 bits per heavy atom. The summed E-state index contributed by atoms with van der Waals surface area (Å²) < 4.78 is 24.2. The van der Waals surface area contributed by atoms with Gasteiger partial charge in [0.05, 0.1) is 11.0 Å². The number of aliphatic carboxylic acids is 1. The number of nitrogens with zero attached hydrogens (tertiary/aromatic N) is 1. The first kappa shape index (κ1) is 15.3. The fraction of sp³-hybridized carbons (Fsp3) is 0.846. The number of hydrogen-bond acceptors (Lipinski definition) is 4. The van der Waals surface area contributed by atoms with Gasteiger partial charge in [-0.3, -0.25) is 4.79 Å². The van der Waals surface area contributed by atoms with Crippen molar-refractivity contribution >= 4 is 21.7 Å². The molecule has 1 saturated heterocycles. The molecule has 1 amide bonds. The second-order valence-electron chi connectivity index (χ2n) is 5.61. The quantitative estimate of drug-likeness (QED) is 0.811. The van der Waals surface area contributed by atoms with Gasteiger partial charge in [-0.1, -0.05) is 12.8 Å². The molecule has 1 atom stereocenters. The van der Waals surface area contributed by atoms with Gasteiger partial charge in [0.2, 0.25) is 5.91 Å². The number of hydrogen-bond donors (Lipinski definition) is 1. The van der Waals surface area contributed by atoms with Crippen LogP contribution in [-0.4, -0.2) is 53.9 Å². The van der Waals surface area contributed by atoms with Crippen LogP contribution in [0.25, 0.3) is 0 Å². The lowest BCUT2D eigenvalue weighted by molar-refractivity contribution is -0.148. The lowest BCUT2D eigenvalue weighted by Gasteiger charge is -2.21. The molecule has 2 aliphatic rings. The molecule has 1 saturated carbocycles. The van der Waals surface area contributed by atoms with Crippen molar-refractivity contribution in [2.45, 2.75) is 56.2 Å². The third kappa shape index (κ3) is 3.31. The minimum absolute atomic E-state index is 0.0946. The van der Waals surface area contributed by atoms with Crippen LogP contribution < -0.4 is 0 Å². The van der Waals surface area contributed by atoms with E-state index in [1.54, 1.807) is 0 Å². The Morgan fingerprint density at radius 1 is 1.10 bits per heavy atom. The predicted molar refractivity (Wildman–Crippen MR) is 73.0 cm³/mol. The molecule has 0 spiro atoms. The molecule has 1 aliphatic carbocycles. The normalized spacial score (nSPS) is 24.2. The van der Waals surface area contributed by atoms with Crippen molar-refractivity contribution in [3.63, 3.8) is 0 Å². The van der Waals surface area contributed by atoms with Crippen LogP contribution in [0.1, 0.15) is 44.9 Å². The highest BCUT2D eigenvalue weighted by Crippen LogP contribution is 2.26. The summed E-state index contributed by atoms with van der Waals surface area (Å²) in [5, 5.41) is 8.72. The Labute approximate surface area is 119 Å². The molecule has 0 aromatic rings. The zero-order valence-electron chi connectivity index (χ0n) is 11.5. The van der Waals surface area contributed by atoms with Gasteiger partial charge in [0.25, 0.3) is 0 Å². The molecule has 1 aliphatic heterocycles. The molecule has 0 aromatic heterocycles. The van der Waals surface area contributed by atoms with E-state index in [1.165, 1.54) is 4.90 Å². The van der Waals surface area contributed by atoms with Crippen molar-refractivity contribution in [1.82, 2.24) is 4.90 Å². The minimum atomic E-state index is -3.22. The second kappa shape index (κ2) is 6.11. The molecule has 0 radical (unpaired) electrons. The molecule has 0 bridgehead atoms. The van der Waals surface area contributed by atoms with Gasteiger partial charge >= 0.3 is 5.97 Å². The van der Waals surface area contributed by atoms with E-state index in [0.717, 1.165) is 12.8 Å². The first-order valence-electron chi connectivity index (χ1n) is 7.15. The van der Waals surface area contributed by atoms with E-state index in [-0.39, 0.29) is 23.3 Å². The van der Waals surface area contributed by atoms with E-state index >= 15 is 0 Å². The van der Waals surface area contributed by atoms with E-state index in [1.807, 2.05) is 0 Å². The Balaban J connectivity index is 1.90. The molecular formula is C13H21NO5S. The van der Waals surface area contributed by atoms with Crippen molar-refractivity contribution in [3.8, 4) is 0 Å². The van der Waals surface area contributed by atoms with Crippen LogP contribution in [0.15, 0.2) is 0 Å². The number of carboxylic acid groups (broad SMARTS) is 1. The largest absolute Gasteiger partial charge is 0.480 e. The van der Waals surface area contributed by atoms with Crippen LogP contribution in [-0.2, 0) is 19.4 Å². The average molecular weight is 303 g/mol. The van der Waals surface area contributed by atoms with Gasteiger partial charge < -0.3 is 10.0 Å². The Bertz CT molecular complexity index is 481. The van der Waals surface area contributed by atoms with Gasteiger partial charge in [0.1, 0.15) is 6.04 Å². The zero-order chi connectivity index (χ0) is 14.8. The molecular weight excluding hydrogens is 282 g/mol. The molecule has 2 fully saturated rings. The maximum Gasteiger partial charge on any atom is 0.326 e. The fourth-order valence-corrected chi connectivity index (χ4v) is 4.95. The molecule has 1 N–H and O–H groups in total. The average Bonchev–Trinajstić information content (AvgIpc) is 3.06. The summed E-state index contributed by atoms with van der Waals surface area (Å²) in [7, 11) is -3.22. The van der Waals surface area contributed by atoms with Crippen LogP contribution in [0, 0.1) is 0 Å². The van der Waals surface area contributed by atoms with Gasteiger partial charge in [-0.05, 0) is 25.7 Å². The molecule has 1 heterocycles. The first-order valence-corrected chi connectivity index (χ1v) is 8.87. The highest BCUT2D eigenvalue weighted by molar-refractivity contribution is 7.92. The summed E-state index contributed by atoms with van der Waals surface area (Å²) >= 11 is 0. The number of sulfone groups is 1. The number of carboxylic acids is 1. The van der Waals surface area contributed by atoms with Crippen LogP contribution in [0.5, 0.6) is 0 Å². The van der Waals surface area contributed by atoms with Crippen LogP contribution in [0.3, 0.4) is 0 Å². The number of carbonyl (C=O) groups is 2. The van der Waals surface area contributed by atoms with E-state index in [0.29, 0.717) is 32.2 Å². The molecule has 0 unspecified atom stereocenters. The molecule has 20 heavy (non-hydrogen) atoms. The van der Waals surface area contributed by atoms with E-state index in [4.69, 9.17) is 5.11 Å². The Kier molecular flexibility index (Phi) is 4.67. The summed E-state index contributed by atoms with van der Waals surface area (Å²) in [6.45, 7) is 0.416. The van der Waals surface area contributed by atoms with Gasteiger partial charge in [0, 0.05) is 13.0 Å². The summed E-state index contributed by atoms with van der Waals surface area (Å²) in [4.78, 5) is 24.3. The van der Waals surface area contributed by atoms with Crippen molar-refractivity contribution in [1.29, 1.82) is 0 Å². The van der Waals surface area contributed by atoms with Crippen molar-refractivity contribution in [2.24, 2.45) is 0 Å². The monoisotopic (exact) mass is 303 g/mol. The third-order valence-corrected chi connectivity index (χ3v) is 6.53. The summed E-state index contributed by atoms with van der Waals surface area (Å²) in [6.07, 6.45) is 4.28. The van der Waals surface area contributed by atoms with Crippen LogP contribution in [0.2, 0.25) is 0 Å². The molecule has 0 aromatic carbocycles. The third-order valence-electron chi connectivity index (χ3n) is 4.27. The smallest absolute Gasteiger partial charge is 0.326 e. The predicted octanol–water partition coefficient (Wildman–Crippen LogP) is 0.809. The molecule has 2 rings (SSSR count). The first-order chi connectivity index (χ1) is 9.42. The Morgan fingerprint density at radius 3 is 2.35 bits per heavy atom. The summed E-state index contributed by atoms with van der Waals surface area (Å²) in [5.41, 5.74) is 0. The standard InChI is InChI=1S/C13H21NO5S/c15-12(14-8-3-6-11(14)13(16)17)7-9-20(18,19)10-4-1-2-5-10/h10-11H,1-9H2,(H,16,17)/t11-/m1/s1. The Hall–Kier alpha value is -1.11. The summed E-state index contributed by atoms with van der Waals surface area (Å²) in [6, 6.07) is -0.781. The van der Waals surface area contributed by atoms with Gasteiger partial charge in [-0.25, -0.2) is 13.2 Å². The van der Waals surface area contributed by atoms with Crippen LogP contribution in [0.4, 0.5) is 0 Å². The number of rotatable bonds is 5. The minimum Gasteiger partial charge on any atom is -0.480 e. The number of amides is 1. The van der Waals surface area contributed by atoms with E-state index in [2.05, 4.69) is 0 Å². The second-order valence-corrected chi connectivity index (χ2v) is 8.01. The molecule has 6 nitrogen and oxygen atoms in total. The number of likely N-dealkylation sites (tertiary alicyclic amines) is 1. The maximum atomic E-state index is 12.1. The molecule has 7 heteroatoms. The summed E-state index contributed by atoms with van der Waals surface area (Å²) in [5.74, 6) is -1.51. The van der Waals surface area contributed by atoms with E-state index < -0.39 is 21.8 Å².